The number of rotatable bonds is 6. The molecule has 2 bridgehead atoms. The van der Waals surface area contributed by atoms with Crippen LogP contribution in [0.3, 0.4) is 0 Å². The van der Waals surface area contributed by atoms with E-state index in [-0.39, 0.29) is 35.8 Å². The summed E-state index contributed by atoms with van der Waals surface area (Å²) in [5, 5.41) is 13.2. The van der Waals surface area contributed by atoms with Crippen LogP contribution >= 0.6 is 38.1 Å². The van der Waals surface area contributed by atoms with Crippen LogP contribution in [0.1, 0.15) is 33.2 Å². The van der Waals surface area contributed by atoms with Crippen molar-refractivity contribution in [1.29, 1.82) is 0 Å². The normalized spacial score (nSPS) is 31.5. The number of alkyl halides is 1. The van der Waals surface area contributed by atoms with Crippen LogP contribution in [0.4, 0.5) is 24.2 Å². The number of nitrogens with one attached hydrogen (secondary N) is 2. The molecule has 3 N–H and O–H groups in total. The van der Waals surface area contributed by atoms with Crippen molar-refractivity contribution < 1.29 is 69.6 Å². The van der Waals surface area contributed by atoms with Gasteiger partial charge in [-0.3, -0.25) is 32.8 Å². The number of anilines is 1. The number of amides is 2. The Balaban J connectivity index is 1.08. The first kappa shape index (κ1) is 43.3. The SMILES string of the molecule is CN(CCOC(=O)Nc1ncnc2c1ncn2[C@@H]1O[C@@H]2CO[P@@](=O)(S)O[C@@H]3[C@H](O)[C@@H](CO[P@@](=O)(S)O[C@H]2[C@H]1F)O[C@H]3n1cc(F)c2c(=O)[nH]cnc21)C(=O)OC(C)(C)C. The number of fused-ring (bicyclic) bond motifs is 5. The van der Waals surface area contributed by atoms with E-state index in [0.29, 0.717) is 0 Å². The number of aliphatic hydroxyl groups is 1. The molecule has 3 aliphatic rings. The lowest BCUT2D eigenvalue weighted by molar-refractivity contribution is -0.0568. The van der Waals surface area contributed by atoms with Gasteiger partial charge in [-0.1, -0.05) is 24.5 Å². The third-order valence-corrected chi connectivity index (χ3v) is 12.2. The molecule has 29 heteroatoms. The van der Waals surface area contributed by atoms with Gasteiger partial charge in [-0.25, -0.2) is 47.4 Å². The van der Waals surface area contributed by atoms with Crippen LogP contribution in [0.15, 0.2) is 30.0 Å². The van der Waals surface area contributed by atoms with Crippen molar-refractivity contribution in [1.82, 2.24) is 39.0 Å². The highest BCUT2D eigenvalue weighted by atomic mass is 32.7. The molecule has 3 fully saturated rings. The molecule has 322 valence electrons. The molecule has 4 aromatic rings. The Morgan fingerprint density at radius 2 is 1.71 bits per heavy atom. The van der Waals surface area contributed by atoms with Gasteiger partial charge in [-0.05, 0) is 20.8 Å². The minimum atomic E-state index is -4.57. The van der Waals surface area contributed by atoms with E-state index in [2.05, 4.69) is 54.7 Å². The predicted octanol–water partition coefficient (Wildman–Crippen LogP) is 3.51. The zero-order chi connectivity index (χ0) is 42.6. The van der Waals surface area contributed by atoms with E-state index >= 15 is 4.39 Å². The van der Waals surface area contributed by atoms with Crippen molar-refractivity contribution in [2.75, 3.05) is 38.7 Å². The van der Waals surface area contributed by atoms with Gasteiger partial charge in [0.2, 0.25) is 0 Å². The Morgan fingerprint density at radius 1 is 1.03 bits per heavy atom. The summed E-state index contributed by atoms with van der Waals surface area (Å²) in [6, 6.07) is 0. The van der Waals surface area contributed by atoms with Crippen molar-refractivity contribution in [2.45, 2.75) is 75.5 Å². The lowest BCUT2D eigenvalue weighted by Crippen LogP contribution is -2.36. The topological polar surface area (TPSA) is 272 Å². The molecule has 0 spiro atoms. The van der Waals surface area contributed by atoms with E-state index in [1.54, 1.807) is 20.8 Å². The number of nitrogens with zero attached hydrogens (tertiary/aromatic N) is 7. The van der Waals surface area contributed by atoms with Crippen LogP contribution < -0.4 is 10.9 Å². The summed E-state index contributed by atoms with van der Waals surface area (Å²) in [5.74, 6) is -1.13. The largest absolute Gasteiger partial charge is 0.447 e. The molecule has 10 atom stereocenters. The molecule has 23 nitrogen and oxygen atoms in total. The molecule has 0 aliphatic carbocycles. The average Bonchev–Trinajstić information content (AvgIpc) is 3.89. The maximum Gasteiger partial charge on any atom is 0.412 e. The molecule has 7 heterocycles. The van der Waals surface area contributed by atoms with Crippen LogP contribution in [0.5, 0.6) is 0 Å². The Labute approximate surface area is 341 Å². The minimum absolute atomic E-state index is 0.00502. The first-order valence-electron chi connectivity index (χ1n) is 17.5. The number of hydrogen-bond acceptors (Lipinski definition) is 18. The Bertz CT molecular complexity index is 2400. The van der Waals surface area contributed by atoms with Crippen LogP contribution in [0.2, 0.25) is 0 Å². The number of likely N-dealkylation sites (N-methyl/N-ethyl adjacent to an activating group) is 1. The lowest BCUT2D eigenvalue weighted by Gasteiger charge is -2.26. The van der Waals surface area contributed by atoms with E-state index in [0.717, 1.165) is 34.3 Å². The number of ether oxygens (including phenoxy) is 4. The molecule has 0 unspecified atom stereocenters. The van der Waals surface area contributed by atoms with Crippen molar-refractivity contribution >= 4 is 78.3 Å². The second-order valence-corrected chi connectivity index (χ2v) is 20.0. The van der Waals surface area contributed by atoms with Gasteiger partial charge in [0.25, 0.3) is 5.56 Å². The summed E-state index contributed by atoms with van der Waals surface area (Å²) < 4.78 is 105. The standard InChI is InChI=1S/C30H37F2N9O14P2S2/c1-30(2,3)53-29(45)39(4)5-6-48-28(44)38-22-18-24(35-10-33-22)41(12-37-18)26-17(32)20-15(52-26)9-50-57(47,59)55-21-19(42)14(8-49-56(46,58)54-20)51-27(21)40-7-13(31)16-23(40)34-11-36-25(16)43/h7,10-12,14-15,17,19-21,26-27,42H,5-6,8-9H2,1-4H3,(H,46,58)(H,47,59)(H,34,36,43)(H,33,35,38,44)/t14-,15-,17-,19-,20-,21-,26-,27-,56-,57-/m1/s1. The molecule has 4 aromatic heterocycles. The number of aliphatic hydroxyl groups excluding tert-OH is 1. The highest BCUT2D eigenvalue weighted by Gasteiger charge is 2.54. The molecule has 59 heavy (non-hydrogen) atoms. The summed E-state index contributed by atoms with van der Waals surface area (Å²) in [4.78, 5) is 56.9. The maximum atomic E-state index is 16.4. The van der Waals surface area contributed by atoms with Crippen LogP contribution in [0, 0.1) is 5.82 Å². The summed E-state index contributed by atoms with van der Waals surface area (Å²) in [6.07, 6.45) is -11.0. The molecule has 3 aliphatic heterocycles. The third kappa shape index (κ3) is 9.29. The lowest BCUT2D eigenvalue weighted by atomic mass is 10.1. The monoisotopic (exact) mass is 911 g/mol. The van der Waals surface area contributed by atoms with E-state index in [1.165, 1.54) is 11.9 Å². The quantitative estimate of drug-likeness (QED) is 0.137. The maximum absolute atomic E-state index is 16.4. The fraction of sp³-hybridized carbons (Fsp3) is 0.567. The van der Waals surface area contributed by atoms with Gasteiger partial charge in [-0.2, -0.15) is 0 Å². The zero-order valence-corrected chi connectivity index (χ0v) is 34.8. The van der Waals surface area contributed by atoms with Crippen LogP contribution in [0.25, 0.3) is 22.2 Å². The third-order valence-electron chi connectivity index (χ3n) is 8.95. The van der Waals surface area contributed by atoms with Gasteiger partial charge in [0.15, 0.2) is 47.1 Å². The first-order chi connectivity index (χ1) is 27.7. The Hall–Kier alpha value is -3.75. The number of hydrogen-bond donors (Lipinski definition) is 5. The van der Waals surface area contributed by atoms with Crippen molar-refractivity contribution in [3.05, 3.63) is 41.3 Å². The summed E-state index contributed by atoms with van der Waals surface area (Å²) >= 11 is 8.04. The van der Waals surface area contributed by atoms with Crippen LogP contribution in [-0.4, -0.2) is 132 Å². The first-order valence-corrected chi connectivity index (χ1v) is 22.8. The minimum Gasteiger partial charge on any atom is -0.447 e. The van der Waals surface area contributed by atoms with Gasteiger partial charge in [0.05, 0.1) is 32.4 Å². The molecular formula is C30H37F2N9O14P2S2. The number of thiol groups is 2. The number of carbonyl (C=O) groups excluding carboxylic acids is 2. The molecule has 0 saturated carbocycles. The molecule has 0 aromatic carbocycles. The number of aromatic nitrogens is 7. The van der Waals surface area contributed by atoms with Gasteiger partial charge in [0, 0.05) is 13.2 Å². The Kier molecular flexibility index (Phi) is 12.2. The highest BCUT2D eigenvalue weighted by Crippen LogP contribution is 2.60. The number of imidazole rings is 1. The number of H-pyrrole nitrogens is 1. The fourth-order valence-corrected chi connectivity index (χ4v) is 9.23. The van der Waals surface area contributed by atoms with Gasteiger partial charge in [0.1, 0.15) is 54.4 Å². The highest BCUT2D eigenvalue weighted by molar-refractivity contribution is 8.44. The van der Waals surface area contributed by atoms with E-state index in [9.17, 15) is 33.0 Å². The van der Waals surface area contributed by atoms with Gasteiger partial charge in [-0.15, -0.1) is 0 Å². The smallest absolute Gasteiger partial charge is 0.412 e. The number of carbonyl (C=O) groups is 2. The summed E-state index contributed by atoms with van der Waals surface area (Å²) in [6.45, 7) is -5.72. The van der Waals surface area contributed by atoms with Crippen molar-refractivity contribution in [3.8, 4) is 0 Å². The molecule has 0 radical (unpaired) electrons. The average molecular weight is 912 g/mol. The second-order valence-electron chi connectivity index (χ2n) is 14.3. The number of aromatic amines is 1. The molecule has 3 saturated heterocycles. The van der Waals surface area contributed by atoms with E-state index in [4.69, 9.17) is 37.0 Å². The molecule has 2 amide bonds. The van der Waals surface area contributed by atoms with Crippen molar-refractivity contribution in [2.24, 2.45) is 0 Å². The summed E-state index contributed by atoms with van der Waals surface area (Å²) in [7, 11) is 1.47. The molecule has 7 rings (SSSR count). The summed E-state index contributed by atoms with van der Waals surface area (Å²) in [5.41, 5.74) is -1.83. The van der Waals surface area contributed by atoms with Gasteiger partial charge >= 0.3 is 25.8 Å². The predicted molar refractivity (Wildman–Crippen MR) is 203 cm³/mol. The van der Waals surface area contributed by atoms with Crippen LogP contribution in [-0.2, 0) is 46.2 Å². The van der Waals surface area contributed by atoms with E-state index in [1.807, 2.05) is 0 Å². The Morgan fingerprint density at radius 3 is 2.42 bits per heavy atom. The second kappa shape index (κ2) is 16.6. The fourth-order valence-electron chi connectivity index (χ4n) is 6.29. The molecular weight excluding hydrogens is 874 g/mol. The zero-order valence-electron chi connectivity index (χ0n) is 31.2. The number of halogens is 2. The van der Waals surface area contributed by atoms with Gasteiger partial charge < -0.3 is 38.5 Å². The van der Waals surface area contributed by atoms with Crippen molar-refractivity contribution in [3.63, 3.8) is 0 Å². The van der Waals surface area contributed by atoms with E-state index < -0.39 is 111 Å².